The molecule has 88 valence electrons. The van der Waals surface area contributed by atoms with Crippen LogP contribution in [0.3, 0.4) is 0 Å². The maximum Gasteiger partial charge on any atom is 0.241 e. The maximum atomic E-state index is 11.5. The molecule has 2 rings (SSSR count). The van der Waals surface area contributed by atoms with Gasteiger partial charge in [-0.3, -0.25) is 4.79 Å². The second-order valence-corrected chi connectivity index (χ2v) is 4.19. The predicted octanol–water partition coefficient (Wildman–Crippen LogP) is -0.694. The summed E-state index contributed by atoms with van der Waals surface area (Å²) in [4.78, 5) is 11.5. The number of nitrogens with one attached hydrogen (secondary N) is 1. The van der Waals surface area contributed by atoms with E-state index in [1.165, 1.54) is 12.8 Å². The van der Waals surface area contributed by atoms with Crippen molar-refractivity contribution in [3.8, 4) is 0 Å². The molecule has 1 aliphatic rings. The van der Waals surface area contributed by atoms with Crippen molar-refractivity contribution in [2.75, 3.05) is 13.1 Å². The van der Waals surface area contributed by atoms with E-state index in [9.17, 15) is 4.79 Å². The van der Waals surface area contributed by atoms with Gasteiger partial charge in [-0.1, -0.05) is 5.21 Å². The smallest absolute Gasteiger partial charge is 0.241 e. The molecular weight excluding hydrogens is 206 g/mol. The van der Waals surface area contributed by atoms with E-state index in [4.69, 9.17) is 5.73 Å². The Bertz CT molecular complexity index is 358. The van der Waals surface area contributed by atoms with Crippen LogP contribution in [-0.2, 0) is 17.8 Å². The first-order chi connectivity index (χ1) is 7.78. The average molecular weight is 223 g/mol. The van der Waals surface area contributed by atoms with Gasteiger partial charge in [0.1, 0.15) is 6.54 Å². The van der Waals surface area contributed by atoms with Gasteiger partial charge in [0.2, 0.25) is 5.91 Å². The topological polar surface area (TPSA) is 85.8 Å². The van der Waals surface area contributed by atoms with Crippen molar-refractivity contribution in [3.63, 3.8) is 0 Å². The summed E-state index contributed by atoms with van der Waals surface area (Å²) >= 11 is 0. The Morgan fingerprint density at radius 3 is 3.12 bits per heavy atom. The summed E-state index contributed by atoms with van der Waals surface area (Å²) in [6, 6.07) is 0. The number of nitrogens with two attached hydrogens (primary N) is 1. The first kappa shape index (κ1) is 11.1. The lowest BCUT2D eigenvalue weighted by atomic mass is 10.3. The van der Waals surface area contributed by atoms with Crippen molar-refractivity contribution < 1.29 is 4.79 Å². The number of carbonyl (C=O) groups is 1. The van der Waals surface area contributed by atoms with E-state index < -0.39 is 0 Å². The van der Waals surface area contributed by atoms with E-state index in [2.05, 4.69) is 15.6 Å². The number of hydrogen-bond donors (Lipinski definition) is 2. The number of amides is 1. The standard InChI is InChI=1S/C10H17N5O/c11-4-3-9-6-15(14-13-9)7-10(16)12-5-8-1-2-8/h6,8H,1-5,7,11H2,(H,12,16). The van der Waals surface area contributed by atoms with Crippen LogP contribution in [0.4, 0.5) is 0 Å². The minimum Gasteiger partial charge on any atom is -0.354 e. The molecule has 0 radical (unpaired) electrons. The molecule has 3 N–H and O–H groups in total. The summed E-state index contributed by atoms with van der Waals surface area (Å²) in [7, 11) is 0. The molecule has 0 atom stereocenters. The third-order valence-corrected chi connectivity index (χ3v) is 2.58. The van der Waals surface area contributed by atoms with E-state index in [0.29, 0.717) is 18.9 Å². The minimum absolute atomic E-state index is 0.00361. The molecule has 0 aliphatic heterocycles. The Labute approximate surface area is 94.2 Å². The van der Waals surface area contributed by atoms with Gasteiger partial charge in [0.15, 0.2) is 0 Å². The zero-order chi connectivity index (χ0) is 11.4. The molecule has 0 unspecified atom stereocenters. The predicted molar refractivity (Wildman–Crippen MR) is 58.5 cm³/mol. The van der Waals surface area contributed by atoms with E-state index in [1.807, 2.05) is 0 Å². The van der Waals surface area contributed by atoms with Crippen LogP contribution in [0.2, 0.25) is 0 Å². The highest BCUT2D eigenvalue weighted by Gasteiger charge is 2.21. The zero-order valence-electron chi connectivity index (χ0n) is 9.22. The van der Waals surface area contributed by atoms with Gasteiger partial charge in [0.25, 0.3) is 0 Å². The molecule has 6 heteroatoms. The van der Waals surface area contributed by atoms with Crippen molar-refractivity contribution >= 4 is 5.91 Å². The van der Waals surface area contributed by atoms with E-state index >= 15 is 0 Å². The highest BCUT2D eigenvalue weighted by molar-refractivity contribution is 5.75. The summed E-state index contributed by atoms with van der Waals surface area (Å²) in [6.07, 6.45) is 4.95. The van der Waals surface area contributed by atoms with Crippen LogP contribution >= 0.6 is 0 Å². The molecule has 1 aromatic heterocycles. The van der Waals surface area contributed by atoms with Crippen LogP contribution in [0.25, 0.3) is 0 Å². The Balaban J connectivity index is 1.75. The Kier molecular flexibility index (Phi) is 3.51. The SMILES string of the molecule is NCCc1cn(CC(=O)NCC2CC2)nn1. The van der Waals surface area contributed by atoms with Crippen molar-refractivity contribution in [2.24, 2.45) is 11.7 Å². The minimum atomic E-state index is -0.00361. The molecule has 0 spiro atoms. The molecular formula is C10H17N5O. The molecule has 1 saturated carbocycles. The summed E-state index contributed by atoms with van der Waals surface area (Å²) in [5, 5.41) is 10.7. The van der Waals surface area contributed by atoms with Gasteiger partial charge in [-0.25, -0.2) is 4.68 Å². The number of nitrogens with zero attached hydrogens (tertiary/aromatic N) is 3. The van der Waals surface area contributed by atoms with Gasteiger partial charge < -0.3 is 11.1 Å². The largest absolute Gasteiger partial charge is 0.354 e. The molecule has 6 nitrogen and oxygen atoms in total. The normalized spacial score (nSPS) is 15.1. The fourth-order valence-corrected chi connectivity index (χ4v) is 1.46. The molecule has 16 heavy (non-hydrogen) atoms. The molecule has 1 heterocycles. The Morgan fingerprint density at radius 2 is 2.44 bits per heavy atom. The van der Waals surface area contributed by atoms with Crippen molar-refractivity contribution in [1.29, 1.82) is 0 Å². The second kappa shape index (κ2) is 5.07. The number of aromatic nitrogens is 3. The van der Waals surface area contributed by atoms with Gasteiger partial charge in [0.05, 0.1) is 5.69 Å². The van der Waals surface area contributed by atoms with Crippen LogP contribution in [0.15, 0.2) is 6.20 Å². The van der Waals surface area contributed by atoms with Crippen molar-refractivity contribution in [3.05, 3.63) is 11.9 Å². The molecule has 1 amide bonds. The number of carbonyl (C=O) groups excluding carboxylic acids is 1. The number of hydrogen-bond acceptors (Lipinski definition) is 4. The third kappa shape index (κ3) is 3.30. The number of rotatable bonds is 6. The summed E-state index contributed by atoms with van der Waals surface area (Å²) in [5.74, 6) is 0.698. The van der Waals surface area contributed by atoms with Gasteiger partial charge in [-0.05, 0) is 25.3 Å². The van der Waals surface area contributed by atoms with E-state index in [-0.39, 0.29) is 12.5 Å². The molecule has 0 saturated heterocycles. The van der Waals surface area contributed by atoms with Gasteiger partial charge in [-0.2, -0.15) is 0 Å². The second-order valence-electron chi connectivity index (χ2n) is 4.19. The quantitative estimate of drug-likeness (QED) is 0.668. The first-order valence-electron chi connectivity index (χ1n) is 5.63. The van der Waals surface area contributed by atoms with Gasteiger partial charge in [-0.15, -0.1) is 5.10 Å². The van der Waals surface area contributed by atoms with Crippen LogP contribution in [0.5, 0.6) is 0 Å². The van der Waals surface area contributed by atoms with Gasteiger partial charge >= 0.3 is 0 Å². The summed E-state index contributed by atoms with van der Waals surface area (Å²) in [5.41, 5.74) is 6.23. The molecule has 1 aromatic rings. The Hall–Kier alpha value is -1.43. The van der Waals surface area contributed by atoms with Gasteiger partial charge in [0, 0.05) is 19.2 Å². The third-order valence-electron chi connectivity index (χ3n) is 2.58. The summed E-state index contributed by atoms with van der Waals surface area (Å²) in [6.45, 7) is 1.58. The molecule has 0 aromatic carbocycles. The van der Waals surface area contributed by atoms with E-state index in [1.54, 1.807) is 10.9 Å². The monoisotopic (exact) mass is 223 g/mol. The lowest BCUT2D eigenvalue weighted by Crippen LogP contribution is -2.29. The molecule has 1 fully saturated rings. The fourth-order valence-electron chi connectivity index (χ4n) is 1.46. The highest BCUT2D eigenvalue weighted by Crippen LogP contribution is 2.27. The average Bonchev–Trinajstić information content (AvgIpc) is 2.99. The first-order valence-corrected chi connectivity index (χ1v) is 5.63. The Morgan fingerprint density at radius 1 is 1.62 bits per heavy atom. The lowest BCUT2D eigenvalue weighted by molar-refractivity contribution is -0.121. The van der Waals surface area contributed by atoms with E-state index in [0.717, 1.165) is 12.2 Å². The maximum absolute atomic E-state index is 11.5. The lowest BCUT2D eigenvalue weighted by Gasteiger charge is -2.02. The van der Waals surface area contributed by atoms with Crippen molar-refractivity contribution in [2.45, 2.75) is 25.8 Å². The van der Waals surface area contributed by atoms with Crippen LogP contribution in [0.1, 0.15) is 18.5 Å². The highest BCUT2D eigenvalue weighted by atomic mass is 16.2. The summed E-state index contributed by atoms with van der Waals surface area (Å²) < 4.78 is 1.55. The van der Waals surface area contributed by atoms with Crippen LogP contribution < -0.4 is 11.1 Å². The zero-order valence-corrected chi connectivity index (χ0v) is 9.22. The van der Waals surface area contributed by atoms with Crippen molar-refractivity contribution in [1.82, 2.24) is 20.3 Å². The van der Waals surface area contributed by atoms with Crippen LogP contribution in [-0.4, -0.2) is 34.0 Å². The molecule has 1 aliphatic carbocycles. The molecule has 0 bridgehead atoms. The fraction of sp³-hybridized carbons (Fsp3) is 0.700. The van der Waals surface area contributed by atoms with Crippen LogP contribution in [0, 0.1) is 5.92 Å².